The number of ketones is 1. The third-order valence-electron chi connectivity index (χ3n) is 5.01. The number of nitrogens with one attached hydrogen (secondary N) is 1. The molecule has 1 aliphatic rings. The lowest BCUT2D eigenvalue weighted by molar-refractivity contribution is -0.179. The van der Waals surface area contributed by atoms with E-state index < -0.39 is 28.7 Å². The van der Waals surface area contributed by atoms with Crippen molar-refractivity contribution < 1.29 is 18.7 Å². The molecule has 1 fully saturated rings. The van der Waals surface area contributed by atoms with Gasteiger partial charge in [0.25, 0.3) is 0 Å². The van der Waals surface area contributed by atoms with Crippen molar-refractivity contribution in [2.75, 3.05) is 5.43 Å². The maximum atomic E-state index is 13.4. The highest BCUT2D eigenvalue weighted by molar-refractivity contribution is 6.15. The van der Waals surface area contributed by atoms with Gasteiger partial charge in [-0.15, -0.1) is 0 Å². The number of benzene rings is 2. The minimum atomic E-state index is -1.24. The van der Waals surface area contributed by atoms with Gasteiger partial charge in [0.15, 0.2) is 11.9 Å². The van der Waals surface area contributed by atoms with Crippen LogP contribution in [-0.4, -0.2) is 23.6 Å². The predicted molar refractivity (Wildman–Crippen MR) is 105 cm³/mol. The van der Waals surface area contributed by atoms with E-state index in [1.807, 2.05) is 30.3 Å². The van der Waals surface area contributed by atoms with Gasteiger partial charge in [0.2, 0.25) is 0 Å². The Hall–Kier alpha value is -3.02. The molecule has 0 bridgehead atoms. The number of ether oxygens (including phenoxy) is 1. The number of hydrogen-bond donors (Lipinski definition) is 1. The molecule has 1 N–H and O–H groups in total. The van der Waals surface area contributed by atoms with Gasteiger partial charge < -0.3 is 4.74 Å². The van der Waals surface area contributed by atoms with E-state index in [9.17, 15) is 14.0 Å². The molecular weight excluding hydrogens is 359 g/mol. The molecule has 28 heavy (non-hydrogen) atoms. The fourth-order valence-corrected chi connectivity index (χ4v) is 3.35. The third-order valence-corrected chi connectivity index (χ3v) is 5.01. The lowest BCUT2D eigenvalue weighted by atomic mass is 9.67. The molecule has 146 valence electrons. The van der Waals surface area contributed by atoms with E-state index in [2.05, 4.69) is 10.5 Å². The number of esters is 1. The Bertz CT molecular complexity index is 919. The van der Waals surface area contributed by atoms with E-state index in [1.165, 1.54) is 12.1 Å². The Morgan fingerprint density at radius 1 is 1.00 bits per heavy atom. The zero-order valence-electron chi connectivity index (χ0n) is 16.3. The number of carbonyl (C=O) groups is 2. The van der Waals surface area contributed by atoms with Crippen molar-refractivity contribution in [2.24, 2.45) is 15.9 Å². The van der Waals surface area contributed by atoms with Crippen molar-refractivity contribution in [3.8, 4) is 0 Å². The van der Waals surface area contributed by atoms with Gasteiger partial charge in [-0.3, -0.25) is 15.0 Å². The summed E-state index contributed by atoms with van der Waals surface area (Å²) in [6.45, 7) is 6.59. The quantitative estimate of drug-likeness (QED) is 0.373. The van der Waals surface area contributed by atoms with E-state index >= 15 is 0 Å². The van der Waals surface area contributed by atoms with Gasteiger partial charge in [-0.05, 0) is 52.0 Å². The molecule has 1 atom stereocenters. The smallest absolute Gasteiger partial charge is 0.319 e. The number of cyclic esters (lactones) is 1. The number of para-hydroxylation sites is 1. The van der Waals surface area contributed by atoms with Gasteiger partial charge in [-0.1, -0.05) is 30.3 Å². The first-order chi connectivity index (χ1) is 13.1. The Balaban J connectivity index is 2.06. The van der Waals surface area contributed by atoms with E-state index in [4.69, 9.17) is 4.74 Å². The summed E-state index contributed by atoms with van der Waals surface area (Å²) in [5.41, 5.74) is 2.33. The molecule has 0 unspecified atom stereocenters. The van der Waals surface area contributed by atoms with Gasteiger partial charge in [0.05, 0.1) is 11.1 Å². The van der Waals surface area contributed by atoms with Crippen LogP contribution in [0.15, 0.2) is 59.7 Å². The van der Waals surface area contributed by atoms with Crippen LogP contribution in [-0.2, 0) is 14.3 Å². The molecule has 0 spiro atoms. The Morgan fingerprint density at radius 3 is 2.21 bits per heavy atom. The van der Waals surface area contributed by atoms with Gasteiger partial charge in [-0.2, -0.15) is 5.10 Å². The van der Waals surface area contributed by atoms with Crippen LogP contribution in [0.5, 0.6) is 0 Å². The molecule has 0 saturated carbocycles. The second-order valence-corrected chi connectivity index (χ2v) is 7.94. The molecule has 1 saturated heterocycles. The predicted octanol–water partition coefficient (Wildman–Crippen LogP) is 4.19. The number of Topliss-reactive ketones (excluding diaryl/α,β-unsaturated/α-hetero) is 1. The second-order valence-electron chi connectivity index (χ2n) is 7.94. The number of carbonyl (C=O) groups excluding carboxylic acids is 2. The summed E-state index contributed by atoms with van der Waals surface area (Å²) in [6, 6.07) is 15.0. The van der Waals surface area contributed by atoms with Crippen LogP contribution < -0.4 is 5.43 Å². The Labute approximate surface area is 163 Å². The van der Waals surface area contributed by atoms with Crippen LogP contribution in [0.4, 0.5) is 10.1 Å². The average molecular weight is 382 g/mol. The molecule has 2 aromatic carbocycles. The van der Waals surface area contributed by atoms with Crippen molar-refractivity contribution in [1.29, 1.82) is 0 Å². The Morgan fingerprint density at radius 2 is 1.61 bits per heavy atom. The monoisotopic (exact) mass is 382 g/mol. The number of hydrogen-bond acceptors (Lipinski definition) is 5. The van der Waals surface area contributed by atoms with Crippen molar-refractivity contribution in [3.63, 3.8) is 0 Å². The normalized spacial score (nSPS) is 21.2. The van der Waals surface area contributed by atoms with Crippen LogP contribution in [0.2, 0.25) is 0 Å². The largest absolute Gasteiger partial charge is 0.454 e. The summed E-state index contributed by atoms with van der Waals surface area (Å²) in [4.78, 5) is 25.5. The highest BCUT2D eigenvalue weighted by Crippen LogP contribution is 2.41. The zero-order chi connectivity index (χ0) is 20.5. The highest BCUT2D eigenvalue weighted by Gasteiger charge is 2.56. The lowest BCUT2D eigenvalue weighted by Gasteiger charge is -2.43. The fourth-order valence-electron chi connectivity index (χ4n) is 3.35. The van der Waals surface area contributed by atoms with Crippen LogP contribution in [0.25, 0.3) is 0 Å². The summed E-state index contributed by atoms with van der Waals surface area (Å²) in [5, 5.41) is 4.44. The van der Waals surface area contributed by atoms with Crippen LogP contribution >= 0.6 is 0 Å². The van der Waals surface area contributed by atoms with Crippen LogP contribution in [0.3, 0.4) is 0 Å². The molecule has 0 aliphatic carbocycles. The molecule has 1 heterocycles. The number of hydrazone groups is 1. The Kier molecular flexibility index (Phi) is 5.06. The summed E-state index contributed by atoms with van der Waals surface area (Å²) in [5.74, 6) is -1.22. The number of halogens is 1. The van der Waals surface area contributed by atoms with E-state index in [1.54, 1.807) is 39.8 Å². The van der Waals surface area contributed by atoms with Crippen LogP contribution in [0.1, 0.15) is 33.3 Å². The maximum Gasteiger partial charge on any atom is 0.319 e. The first kappa shape index (κ1) is 19.7. The molecular formula is C22H23FN2O3. The number of anilines is 1. The van der Waals surface area contributed by atoms with Gasteiger partial charge in [-0.25, -0.2) is 4.39 Å². The van der Waals surface area contributed by atoms with E-state index in [-0.39, 0.29) is 5.78 Å². The maximum absolute atomic E-state index is 13.4. The minimum absolute atomic E-state index is 0.226. The van der Waals surface area contributed by atoms with Gasteiger partial charge in [0.1, 0.15) is 16.9 Å². The average Bonchev–Trinajstić information content (AvgIpc) is 2.67. The molecule has 3 rings (SSSR count). The number of rotatable bonds is 4. The summed E-state index contributed by atoms with van der Waals surface area (Å²) in [7, 11) is 0. The minimum Gasteiger partial charge on any atom is -0.454 e. The first-order valence-corrected chi connectivity index (χ1v) is 9.04. The molecule has 2 aromatic rings. The van der Waals surface area contributed by atoms with Crippen molar-refractivity contribution in [2.45, 2.75) is 33.8 Å². The third kappa shape index (κ3) is 3.54. The molecule has 5 nitrogen and oxygen atoms in total. The van der Waals surface area contributed by atoms with Gasteiger partial charge >= 0.3 is 5.97 Å². The van der Waals surface area contributed by atoms with Crippen molar-refractivity contribution >= 4 is 23.2 Å². The topological polar surface area (TPSA) is 67.8 Å². The zero-order valence-corrected chi connectivity index (χ0v) is 16.3. The molecule has 0 aromatic heterocycles. The molecule has 6 heteroatoms. The molecule has 1 aliphatic heterocycles. The summed E-state index contributed by atoms with van der Waals surface area (Å²) < 4.78 is 19.1. The van der Waals surface area contributed by atoms with Crippen LogP contribution in [0, 0.1) is 16.6 Å². The molecule has 0 radical (unpaired) electrons. The fraction of sp³-hybridized carbons (Fsp3) is 0.318. The SMILES string of the molecule is CC1(C)C(=O)O[C@H](/C(=N\Nc2ccccc2)c2ccc(F)cc2)C(C)(C)C1=O. The standard InChI is InChI=1S/C22H23FN2O3/c1-21(2)18(28-20(27)22(3,4)19(21)26)17(14-10-12-15(23)13-11-14)25-24-16-8-6-5-7-9-16/h5-13,18,24H,1-4H3/b25-17-/t18-/m1/s1. The van der Waals surface area contributed by atoms with E-state index in [0.717, 1.165) is 5.69 Å². The lowest BCUT2D eigenvalue weighted by Crippen LogP contribution is -2.58. The molecule has 0 amide bonds. The van der Waals surface area contributed by atoms with Crippen molar-refractivity contribution in [3.05, 3.63) is 66.0 Å². The number of nitrogens with zero attached hydrogens (tertiary/aromatic N) is 1. The van der Waals surface area contributed by atoms with Crippen molar-refractivity contribution in [1.82, 2.24) is 0 Å². The highest BCUT2D eigenvalue weighted by atomic mass is 19.1. The summed E-state index contributed by atoms with van der Waals surface area (Å²) in [6.07, 6.45) is -0.915. The van der Waals surface area contributed by atoms with Gasteiger partial charge in [0, 0.05) is 5.56 Å². The summed E-state index contributed by atoms with van der Waals surface area (Å²) >= 11 is 0. The second kappa shape index (κ2) is 7.19. The first-order valence-electron chi connectivity index (χ1n) is 9.04. The van der Waals surface area contributed by atoms with E-state index in [0.29, 0.717) is 11.3 Å².